The average Bonchev–Trinajstić information content (AvgIpc) is 3.42. The molecule has 4 rings (SSSR count). The Hall–Kier alpha value is -3.02. The average molecular weight is 381 g/mol. The van der Waals surface area contributed by atoms with Gasteiger partial charge < -0.3 is 19.1 Å². The number of carbonyl (C=O) groups is 2. The number of hydrogen-bond acceptors (Lipinski definition) is 5. The van der Waals surface area contributed by atoms with Gasteiger partial charge in [-0.2, -0.15) is 0 Å². The van der Waals surface area contributed by atoms with Crippen LogP contribution >= 0.6 is 0 Å². The summed E-state index contributed by atoms with van der Waals surface area (Å²) in [6.07, 6.45) is 3.03. The van der Waals surface area contributed by atoms with Gasteiger partial charge in [-0.15, -0.1) is 0 Å². The van der Waals surface area contributed by atoms with Crippen molar-refractivity contribution in [2.24, 2.45) is 0 Å². The highest BCUT2D eigenvalue weighted by Gasteiger charge is 2.19. The van der Waals surface area contributed by atoms with Gasteiger partial charge in [-0.05, 0) is 54.7 Å². The maximum atomic E-state index is 12.3. The number of nitrogens with zero attached hydrogens (tertiary/aromatic N) is 1. The maximum absolute atomic E-state index is 12.3. The van der Waals surface area contributed by atoms with Gasteiger partial charge in [0.15, 0.2) is 11.5 Å². The van der Waals surface area contributed by atoms with Crippen LogP contribution in [0, 0.1) is 0 Å². The third-order valence-corrected chi connectivity index (χ3v) is 5.05. The van der Waals surface area contributed by atoms with Crippen molar-refractivity contribution in [1.29, 1.82) is 0 Å². The van der Waals surface area contributed by atoms with Gasteiger partial charge in [-0.1, -0.05) is 18.2 Å². The van der Waals surface area contributed by atoms with Crippen LogP contribution in [0.4, 0.5) is 0 Å². The minimum absolute atomic E-state index is 0.0739. The van der Waals surface area contributed by atoms with Gasteiger partial charge >= 0.3 is 5.97 Å². The predicted octanol–water partition coefficient (Wildman–Crippen LogP) is 3.33. The van der Waals surface area contributed by atoms with Crippen molar-refractivity contribution in [1.82, 2.24) is 4.90 Å². The minimum Gasteiger partial charge on any atom is -0.461 e. The number of benzene rings is 2. The van der Waals surface area contributed by atoms with E-state index >= 15 is 0 Å². The highest BCUT2D eigenvalue weighted by Crippen LogP contribution is 2.32. The van der Waals surface area contributed by atoms with Crippen molar-refractivity contribution in [3.8, 4) is 11.5 Å². The van der Waals surface area contributed by atoms with Gasteiger partial charge in [0.2, 0.25) is 6.79 Å². The van der Waals surface area contributed by atoms with Crippen LogP contribution in [0.5, 0.6) is 11.5 Å². The third kappa shape index (κ3) is 4.27. The first kappa shape index (κ1) is 18.3. The van der Waals surface area contributed by atoms with Crippen LogP contribution in [0.25, 0.3) is 0 Å². The Balaban J connectivity index is 1.23. The van der Waals surface area contributed by atoms with Gasteiger partial charge in [-0.3, -0.25) is 9.59 Å². The molecule has 6 nitrogen and oxygen atoms in total. The summed E-state index contributed by atoms with van der Waals surface area (Å²) in [4.78, 5) is 26.3. The van der Waals surface area contributed by atoms with E-state index in [0.29, 0.717) is 18.4 Å². The van der Waals surface area contributed by atoms with E-state index in [9.17, 15) is 9.59 Å². The van der Waals surface area contributed by atoms with Crippen molar-refractivity contribution >= 4 is 11.9 Å². The summed E-state index contributed by atoms with van der Waals surface area (Å²) in [6, 6.07) is 13.0. The number of ether oxygens (including phenoxy) is 3. The van der Waals surface area contributed by atoms with E-state index in [1.807, 2.05) is 35.2 Å². The summed E-state index contributed by atoms with van der Waals surface area (Å²) in [5.41, 5.74) is 2.56. The van der Waals surface area contributed by atoms with Crippen LogP contribution in [-0.2, 0) is 22.6 Å². The number of fused-ring (bicyclic) bond motifs is 1. The molecule has 0 aliphatic carbocycles. The van der Waals surface area contributed by atoms with Crippen LogP contribution in [0.1, 0.15) is 40.7 Å². The Kier molecular flexibility index (Phi) is 5.46. The van der Waals surface area contributed by atoms with Gasteiger partial charge in [0.25, 0.3) is 5.91 Å². The molecule has 1 saturated heterocycles. The summed E-state index contributed by atoms with van der Waals surface area (Å²) >= 11 is 0. The normalized spacial score (nSPS) is 14.9. The van der Waals surface area contributed by atoms with Crippen LogP contribution in [0.3, 0.4) is 0 Å². The smallest absolute Gasteiger partial charge is 0.306 e. The second-order valence-corrected chi connectivity index (χ2v) is 7.04. The van der Waals surface area contributed by atoms with Crippen LogP contribution in [0.2, 0.25) is 0 Å². The van der Waals surface area contributed by atoms with Crippen LogP contribution < -0.4 is 9.47 Å². The second kappa shape index (κ2) is 8.33. The van der Waals surface area contributed by atoms with Crippen LogP contribution in [0.15, 0.2) is 42.5 Å². The topological polar surface area (TPSA) is 65.1 Å². The van der Waals surface area contributed by atoms with Crippen molar-refractivity contribution in [3.63, 3.8) is 0 Å². The molecule has 0 unspecified atom stereocenters. The Labute approximate surface area is 164 Å². The molecule has 0 atom stereocenters. The number of esters is 1. The molecule has 0 aromatic heterocycles. The van der Waals surface area contributed by atoms with E-state index in [1.165, 1.54) is 0 Å². The minimum atomic E-state index is -0.255. The first-order valence-corrected chi connectivity index (χ1v) is 9.61. The Morgan fingerprint density at radius 1 is 0.929 bits per heavy atom. The molecule has 1 amide bonds. The first-order valence-electron chi connectivity index (χ1n) is 9.61. The van der Waals surface area contributed by atoms with Crippen LogP contribution in [-0.4, -0.2) is 36.7 Å². The number of likely N-dealkylation sites (tertiary alicyclic amines) is 1. The summed E-state index contributed by atoms with van der Waals surface area (Å²) in [5.74, 6) is 1.27. The lowest BCUT2D eigenvalue weighted by Gasteiger charge is -2.15. The fraction of sp³-hybridized carbons (Fsp3) is 0.364. The zero-order chi connectivity index (χ0) is 19.3. The summed E-state index contributed by atoms with van der Waals surface area (Å²) in [7, 11) is 0. The molecule has 0 saturated carbocycles. The SMILES string of the molecule is O=C(CCc1ccc2c(c1)OCO2)OCc1ccc(C(=O)N2CCCC2)cc1. The largest absolute Gasteiger partial charge is 0.461 e. The number of hydrogen-bond donors (Lipinski definition) is 0. The molecule has 0 N–H and O–H groups in total. The zero-order valence-corrected chi connectivity index (χ0v) is 15.7. The molecule has 1 fully saturated rings. The monoisotopic (exact) mass is 381 g/mol. The fourth-order valence-electron chi connectivity index (χ4n) is 3.43. The fourth-order valence-corrected chi connectivity index (χ4v) is 3.43. The summed E-state index contributed by atoms with van der Waals surface area (Å²) in [5, 5.41) is 0. The Morgan fingerprint density at radius 2 is 1.64 bits per heavy atom. The zero-order valence-electron chi connectivity index (χ0n) is 15.7. The van der Waals surface area contributed by atoms with Gasteiger partial charge in [0.1, 0.15) is 6.61 Å². The van der Waals surface area contributed by atoms with Crippen molar-refractivity contribution < 1.29 is 23.8 Å². The van der Waals surface area contributed by atoms with Crippen molar-refractivity contribution in [2.75, 3.05) is 19.9 Å². The Morgan fingerprint density at radius 3 is 2.43 bits per heavy atom. The molecular formula is C22H23NO5. The lowest BCUT2D eigenvalue weighted by atomic mass is 10.1. The predicted molar refractivity (Wildman–Crippen MR) is 102 cm³/mol. The molecule has 2 heterocycles. The highest BCUT2D eigenvalue weighted by atomic mass is 16.7. The molecule has 2 aromatic rings. The lowest BCUT2D eigenvalue weighted by Crippen LogP contribution is -2.27. The van der Waals surface area contributed by atoms with E-state index in [2.05, 4.69) is 0 Å². The number of aryl methyl sites for hydroxylation is 1. The molecule has 6 heteroatoms. The van der Waals surface area contributed by atoms with Crippen molar-refractivity contribution in [2.45, 2.75) is 32.3 Å². The molecular weight excluding hydrogens is 358 g/mol. The summed E-state index contributed by atoms with van der Waals surface area (Å²) in [6.45, 7) is 2.12. The molecule has 0 spiro atoms. The van der Waals surface area contributed by atoms with E-state index in [0.717, 1.165) is 48.6 Å². The molecule has 2 aromatic carbocycles. The van der Waals surface area contributed by atoms with Crippen molar-refractivity contribution in [3.05, 3.63) is 59.2 Å². The van der Waals surface area contributed by atoms with E-state index in [4.69, 9.17) is 14.2 Å². The number of amides is 1. The maximum Gasteiger partial charge on any atom is 0.306 e. The highest BCUT2D eigenvalue weighted by molar-refractivity contribution is 5.94. The van der Waals surface area contributed by atoms with E-state index in [-0.39, 0.29) is 25.3 Å². The standard InChI is InChI=1S/C22H23NO5/c24-21(10-6-16-5-9-19-20(13-16)28-15-27-19)26-14-17-3-7-18(8-4-17)22(25)23-11-1-2-12-23/h3-5,7-9,13H,1-2,6,10-12,14-15H2. The van der Waals surface area contributed by atoms with Gasteiger partial charge in [0.05, 0.1) is 0 Å². The first-order chi connectivity index (χ1) is 13.7. The second-order valence-electron chi connectivity index (χ2n) is 7.04. The number of rotatable bonds is 6. The molecule has 146 valence electrons. The van der Waals surface area contributed by atoms with E-state index in [1.54, 1.807) is 12.1 Å². The Bertz CT molecular complexity index is 856. The molecule has 28 heavy (non-hydrogen) atoms. The summed E-state index contributed by atoms with van der Waals surface area (Å²) < 4.78 is 16.0. The molecule has 0 bridgehead atoms. The third-order valence-electron chi connectivity index (χ3n) is 5.05. The lowest BCUT2D eigenvalue weighted by molar-refractivity contribution is -0.144. The van der Waals surface area contributed by atoms with Gasteiger partial charge in [0, 0.05) is 25.1 Å². The van der Waals surface area contributed by atoms with E-state index < -0.39 is 0 Å². The number of carbonyl (C=O) groups excluding carboxylic acids is 2. The molecule has 2 aliphatic rings. The quantitative estimate of drug-likeness (QED) is 0.718. The van der Waals surface area contributed by atoms with Gasteiger partial charge in [-0.25, -0.2) is 0 Å². The molecule has 0 radical (unpaired) electrons. The molecule has 2 aliphatic heterocycles.